The lowest BCUT2D eigenvalue weighted by Gasteiger charge is -2.09. The number of hydrogen-bond donors (Lipinski definition) is 1. The molecular formula is C9H10F2O. The minimum Gasteiger partial charge on any atom is -0.505 e. The summed E-state index contributed by atoms with van der Waals surface area (Å²) >= 11 is 0. The molecule has 0 aliphatic heterocycles. The lowest BCUT2D eigenvalue weighted by Crippen LogP contribution is -1.95. The number of halogens is 2. The highest BCUT2D eigenvalue weighted by Crippen LogP contribution is 2.30. The number of benzene rings is 1. The van der Waals surface area contributed by atoms with E-state index in [0.717, 1.165) is 12.1 Å². The maximum Gasteiger partial charge on any atom is 0.165 e. The van der Waals surface area contributed by atoms with Crippen LogP contribution in [0, 0.1) is 11.6 Å². The van der Waals surface area contributed by atoms with E-state index in [0.29, 0.717) is 0 Å². The van der Waals surface area contributed by atoms with Gasteiger partial charge in [0.05, 0.1) is 0 Å². The number of hydrogen-bond acceptors (Lipinski definition) is 1. The van der Waals surface area contributed by atoms with Crippen molar-refractivity contribution in [2.75, 3.05) is 0 Å². The molecule has 0 atom stereocenters. The molecule has 0 spiro atoms. The summed E-state index contributed by atoms with van der Waals surface area (Å²) in [7, 11) is 0. The Hall–Kier alpha value is -1.12. The zero-order valence-corrected chi connectivity index (χ0v) is 6.94. The first-order valence-corrected chi connectivity index (χ1v) is 3.71. The molecule has 66 valence electrons. The summed E-state index contributed by atoms with van der Waals surface area (Å²) in [6, 6.07) is 1.93. The Balaban J connectivity index is 3.33. The largest absolute Gasteiger partial charge is 0.505 e. The maximum atomic E-state index is 13.0. The van der Waals surface area contributed by atoms with E-state index >= 15 is 0 Å². The molecule has 0 saturated heterocycles. The molecule has 0 radical (unpaired) electrons. The van der Waals surface area contributed by atoms with E-state index in [4.69, 9.17) is 5.11 Å². The monoisotopic (exact) mass is 172 g/mol. The predicted octanol–water partition coefficient (Wildman–Crippen LogP) is 2.79. The molecule has 0 heterocycles. The van der Waals surface area contributed by atoms with Gasteiger partial charge in [-0.25, -0.2) is 8.78 Å². The van der Waals surface area contributed by atoms with Gasteiger partial charge in [0.25, 0.3) is 0 Å². The molecule has 1 aromatic carbocycles. The van der Waals surface area contributed by atoms with Crippen LogP contribution in [0.15, 0.2) is 12.1 Å². The summed E-state index contributed by atoms with van der Waals surface area (Å²) in [5.41, 5.74) is 0.0370. The molecule has 0 amide bonds. The van der Waals surface area contributed by atoms with Crippen LogP contribution >= 0.6 is 0 Å². The molecule has 0 saturated carbocycles. The molecule has 0 bridgehead atoms. The van der Waals surface area contributed by atoms with E-state index in [1.807, 2.05) is 0 Å². The highest BCUT2D eigenvalue weighted by Gasteiger charge is 2.15. The van der Waals surface area contributed by atoms with Crippen LogP contribution in [0.1, 0.15) is 25.3 Å². The van der Waals surface area contributed by atoms with E-state index in [1.165, 1.54) is 0 Å². The van der Waals surface area contributed by atoms with Gasteiger partial charge >= 0.3 is 0 Å². The Morgan fingerprint density at radius 3 is 2.08 bits per heavy atom. The van der Waals surface area contributed by atoms with E-state index in [-0.39, 0.29) is 11.5 Å². The Kier molecular flexibility index (Phi) is 2.31. The molecule has 0 unspecified atom stereocenters. The molecule has 12 heavy (non-hydrogen) atoms. The van der Waals surface area contributed by atoms with Gasteiger partial charge in [-0.15, -0.1) is 0 Å². The Morgan fingerprint density at radius 1 is 1.17 bits per heavy atom. The molecule has 1 N–H and O–H groups in total. The van der Waals surface area contributed by atoms with Crippen LogP contribution in [0.25, 0.3) is 0 Å². The molecule has 0 aromatic heterocycles. The first-order valence-electron chi connectivity index (χ1n) is 3.71. The summed E-state index contributed by atoms with van der Waals surface area (Å²) < 4.78 is 25.7. The molecule has 3 heteroatoms. The lowest BCUT2D eigenvalue weighted by atomic mass is 10.0. The van der Waals surface area contributed by atoms with Crippen molar-refractivity contribution in [3.05, 3.63) is 29.3 Å². The van der Waals surface area contributed by atoms with E-state index in [2.05, 4.69) is 0 Å². The van der Waals surface area contributed by atoms with Gasteiger partial charge in [0.2, 0.25) is 0 Å². The van der Waals surface area contributed by atoms with Crippen LogP contribution in [-0.4, -0.2) is 5.11 Å². The fourth-order valence-corrected chi connectivity index (χ4v) is 1.11. The van der Waals surface area contributed by atoms with E-state index in [1.54, 1.807) is 13.8 Å². The van der Waals surface area contributed by atoms with Crippen LogP contribution in [0.2, 0.25) is 0 Å². The normalized spacial score (nSPS) is 10.8. The topological polar surface area (TPSA) is 20.2 Å². The number of aromatic hydroxyl groups is 1. The minimum absolute atomic E-state index is 0.0370. The van der Waals surface area contributed by atoms with Gasteiger partial charge in [-0.05, 0) is 18.1 Å². The Labute approximate surface area is 69.7 Å². The van der Waals surface area contributed by atoms with Gasteiger partial charge in [0.15, 0.2) is 11.6 Å². The van der Waals surface area contributed by atoms with Crippen molar-refractivity contribution in [3.63, 3.8) is 0 Å². The smallest absolute Gasteiger partial charge is 0.165 e. The Morgan fingerprint density at radius 2 is 1.67 bits per heavy atom. The van der Waals surface area contributed by atoms with Gasteiger partial charge in [-0.2, -0.15) is 0 Å². The quantitative estimate of drug-likeness (QED) is 0.690. The second kappa shape index (κ2) is 3.09. The summed E-state index contributed by atoms with van der Waals surface area (Å²) in [5.74, 6) is -2.14. The second-order valence-corrected chi connectivity index (χ2v) is 2.95. The number of rotatable bonds is 1. The maximum absolute atomic E-state index is 13.0. The first kappa shape index (κ1) is 8.97. The first-order chi connectivity index (χ1) is 5.54. The van der Waals surface area contributed by atoms with Crippen molar-refractivity contribution >= 4 is 0 Å². The summed E-state index contributed by atoms with van der Waals surface area (Å²) in [5, 5.41) is 9.13. The zero-order valence-electron chi connectivity index (χ0n) is 6.94. The van der Waals surface area contributed by atoms with Crippen molar-refractivity contribution in [1.82, 2.24) is 0 Å². The Bertz CT molecular complexity index is 295. The molecular weight excluding hydrogens is 162 g/mol. The fraction of sp³-hybridized carbons (Fsp3) is 0.333. The molecule has 1 nitrogen and oxygen atoms in total. The van der Waals surface area contributed by atoms with Crippen LogP contribution in [0.4, 0.5) is 8.78 Å². The van der Waals surface area contributed by atoms with Crippen molar-refractivity contribution in [2.45, 2.75) is 19.8 Å². The van der Waals surface area contributed by atoms with Gasteiger partial charge in [-0.3, -0.25) is 0 Å². The third kappa shape index (κ3) is 1.40. The lowest BCUT2D eigenvalue weighted by molar-refractivity contribution is 0.414. The molecule has 1 rings (SSSR count). The second-order valence-electron chi connectivity index (χ2n) is 2.95. The molecule has 0 fully saturated rings. The predicted molar refractivity (Wildman–Crippen MR) is 42.1 cm³/mol. The fourth-order valence-electron chi connectivity index (χ4n) is 1.11. The summed E-state index contributed by atoms with van der Waals surface area (Å²) in [6.45, 7) is 3.38. The van der Waals surface area contributed by atoms with Crippen LogP contribution in [0.3, 0.4) is 0 Å². The van der Waals surface area contributed by atoms with Crippen molar-refractivity contribution in [1.29, 1.82) is 0 Å². The van der Waals surface area contributed by atoms with Gasteiger partial charge in [-0.1, -0.05) is 13.8 Å². The van der Waals surface area contributed by atoms with Gasteiger partial charge < -0.3 is 5.11 Å². The van der Waals surface area contributed by atoms with Crippen molar-refractivity contribution in [2.24, 2.45) is 0 Å². The SMILES string of the molecule is CC(C)c1c(F)ccc(F)c1O. The van der Waals surface area contributed by atoms with Gasteiger partial charge in [0, 0.05) is 5.56 Å². The van der Waals surface area contributed by atoms with E-state index in [9.17, 15) is 8.78 Å². The van der Waals surface area contributed by atoms with Crippen molar-refractivity contribution < 1.29 is 13.9 Å². The van der Waals surface area contributed by atoms with Crippen molar-refractivity contribution in [3.8, 4) is 5.75 Å². The molecule has 1 aromatic rings. The summed E-state index contributed by atoms with van der Waals surface area (Å²) in [6.07, 6.45) is 0. The van der Waals surface area contributed by atoms with Gasteiger partial charge in [0.1, 0.15) is 5.82 Å². The van der Waals surface area contributed by atoms with E-state index < -0.39 is 17.4 Å². The highest BCUT2D eigenvalue weighted by atomic mass is 19.1. The third-order valence-electron chi connectivity index (χ3n) is 1.69. The highest BCUT2D eigenvalue weighted by molar-refractivity contribution is 5.36. The van der Waals surface area contributed by atoms with Crippen LogP contribution in [0.5, 0.6) is 5.75 Å². The summed E-state index contributed by atoms with van der Waals surface area (Å²) in [4.78, 5) is 0. The standard InChI is InChI=1S/C9H10F2O/c1-5(2)8-6(10)3-4-7(11)9(8)12/h3-5,12H,1-2H3. The van der Waals surface area contributed by atoms with Crippen LogP contribution < -0.4 is 0 Å². The molecule has 0 aliphatic carbocycles. The minimum atomic E-state index is -0.778. The number of phenolic OH excluding ortho intramolecular Hbond substituents is 1. The average Bonchev–Trinajstić information content (AvgIpc) is 1.97. The third-order valence-corrected chi connectivity index (χ3v) is 1.69. The number of phenols is 1. The van der Waals surface area contributed by atoms with Crippen LogP contribution in [-0.2, 0) is 0 Å². The zero-order chi connectivity index (χ0) is 9.30. The average molecular weight is 172 g/mol. The molecule has 0 aliphatic rings.